The Morgan fingerprint density at radius 2 is 1.00 bits per heavy atom. The number of nitrogens with zero attached hydrogens (tertiary/aromatic N) is 4. The van der Waals surface area contributed by atoms with Crippen molar-refractivity contribution < 1.29 is 0 Å². The molecular formula is C19H16N4. The maximum Gasteiger partial charge on any atom is 0.0689 e. The van der Waals surface area contributed by atoms with Gasteiger partial charge in [-0.1, -0.05) is 36.4 Å². The Morgan fingerprint density at radius 1 is 0.565 bits per heavy atom. The second-order valence-corrected chi connectivity index (χ2v) is 5.35. The zero-order chi connectivity index (χ0) is 15.5. The highest BCUT2D eigenvalue weighted by Crippen LogP contribution is 2.12. The van der Waals surface area contributed by atoms with Crippen molar-refractivity contribution in [1.29, 1.82) is 0 Å². The first-order valence-corrected chi connectivity index (χ1v) is 7.58. The monoisotopic (exact) mass is 300 g/mol. The van der Waals surface area contributed by atoms with Gasteiger partial charge in [0.25, 0.3) is 0 Å². The van der Waals surface area contributed by atoms with Gasteiger partial charge in [0.15, 0.2) is 0 Å². The van der Waals surface area contributed by atoms with Gasteiger partial charge in [-0.05, 0) is 36.4 Å². The van der Waals surface area contributed by atoms with Gasteiger partial charge in [-0.15, -0.1) is 0 Å². The summed E-state index contributed by atoms with van der Waals surface area (Å²) in [5.41, 5.74) is 4.14. The summed E-state index contributed by atoms with van der Waals surface area (Å²) >= 11 is 0. The average molecular weight is 300 g/mol. The molecule has 0 atom stereocenters. The summed E-state index contributed by atoms with van der Waals surface area (Å²) in [6.45, 7) is 0. The van der Waals surface area contributed by atoms with Gasteiger partial charge in [-0.3, -0.25) is 0 Å². The van der Waals surface area contributed by atoms with Crippen LogP contribution in [-0.4, -0.2) is 19.6 Å². The number of rotatable bonds is 4. The molecule has 0 N–H and O–H groups in total. The molecule has 0 amide bonds. The van der Waals surface area contributed by atoms with Crippen LogP contribution in [0.2, 0.25) is 0 Å². The first kappa shape index (κ1) is 13.5. The van der Waals surface area contributed by atoms with Gasteiger partial charge in [0.05, 0.1) is 22.8 Å². The highest BCUT2D eigenvalue weighted by Gasteiger charge is 2.06. The zero-order valence-corrected chi connectivity index (χ0v) is 12.6. The quantitative estimate of drug-likeness (QED) is 0.577. The molecule has 0 radical (unpaired) electrons. The van der Waals surface area contributed by atoms with Gasteiger partial charge < -0.3 is 0 Å². The Hall–Kier alpha value is -3.14. The molecule has 0 aliphatic rings. The predicted octanol–water partition coefficient (Wildman–Crippen LogP) is 3.65. The van der Waals surface area contributed by atoms with Crippen LogP contribution in [0, 0.1) is 0 Å². The summed E-state index contributed by atoms with van der Waals surface area (Å²) < 4.78 is 3.78. The van der Waals surface area contributed by atoms with Crippen LogP contribution in [-0.2, 0) is 6.42 Å². The average Bonchev–Trinajstić information content (AvgIpc) is 3.27. The lowest BCUT2D eigenvalue weighted by molar-refractivity contribution is 0.818. The molecule has 2 aromatic carbocycles. The number of para-hydroxylation sites is 2. The SMILES string of the molecule is c1ccc(-n2ccc(Cc3ccn(-c4ccccc4)n3)n2)cc1. The molecule has 4 aromatic rings. The summed E-state index contributed by atoms with van der Waals surface area (Å²) in [6, 6.07) is 24.3. The number of aromatic nitrogens is 4. The van der Waals surface area contributed by atoms with Crippen LogP contribution in [0.4, 0.5) is 0 Å². The third kappa shape index (κ3) is 2.92. The third-order valence-corrected chi connectivity index (χ3v) is 3.69. The van der Waals surface area contributed by atoms with E-state index >= 15 is 0 Å². The topological polar surface area (TPSA) is 35.6 Å². The minimum absolute atomic E-state index is 0.722. The van der Waals surface area contributed by atoms with Crippen molar-refractivity contribution >= 4 is 0 Å². The molecule has 0 fully saturated rings. The Morgan fingerprint density at radius 3 is 1.43 bits per heavy atom. The largest absolute Gasteiger partial charge is 0.241 e. The fourth-order valence-corrected chi connectivity index (χ4v) is 2.55. The van der Waals surface area contributed by atoms with Gasteiger partial charge in [-0.25, -0.2) is 9.36 Å². The molecule has 0 unspecified atom stereocenters. The van der Waals surface area contributed by atoms with E-state index in [4.69, 9.17) is 0 Å². The summed E-state index contributed by atoms with van der Waals surface area (Å²) in [6.07, 6.45) is 4.69. The van der Waals surface area contributed by atoms with Crippen molar-refractivity contribution in [3.8, 4) is 11.4 Å². The number of hydrogen-bond acceptors (Lipinski definition) is 2. The molecule has 112 valence electrons. The van der Waals surface area contributed by atoms with E-state index in [-0.39, 0.29) is 0 Å². The smallest absolute Gasteiger partial charge is 0.0689 e. The van der Waals surface area contributed by atoms with Gasteiger partial charge in [0.2, 0.25) is 0 Å². The van der Waals surface area contributed by atoms with E-state index in [1.54, 1.807) is 0 Å². The lowest BCUT2D eigenvalue weighted by Crippen LogP contribution is -1.98. The molecule has 2 heterocycles. The lowest BCUT2D eigenvalue weighted by atomic mass is 10.2. The van der Waals surface area contributed by atoms with E-state index in [1.165, 1.54) is 0 Å². The molecule has 2 aromatic heterocycles. The van der Waals surface area contributed by atoms with Crippen LogP contribution >= 0.6 is 0 Å². The molecule has 4 nitrogen and oxygen atoms in total. The van der Waals surface area contributed by atoms with Crippen LogP contribution in [0.3, 0.4) is 0 Å². The first-order chi connectivity index (χ1) is 11.4. The molecular weight excluding hydrogens is 284 g/mol. The van der Waals surface area contributed by atoms with Gasteiger partial charge in [-0.2, -0.15) is 10.2 Å². The summed E-state index contributed by atoms with van der Waals surface area (Å²) in [7, 11) is 0. The number of benzene rings is 2. The second kappa shape index (κ2) is 5.93. The minimum atomic E-state index is 0.722. The van der Waals surface area contributed by atoms with Crippen molar-refractivity contribution in [3.05, 3.63) is 96.6 Å². The van der Waals surface area contributed by atoms with Crippen LogP contribution in [0.1, 0.15) is 11.4 Å². The highest BCUT2D eigenvalue weighted by atomic mass is 15.3. The highest BCUT2D eigenvalue weighted by molar-refractivity contribution is 5.32. The van der Waals surface area contributed by atoms with Crippen LogP contribution in [0.5, 0.6) is 0 Å². The maximum atomic E-state index is 4.63. The van der Waals surface area contributed by atoms with Crippen LogP contribution < -0.4 is 0 Å². The third-order valence-electron chi connectivity index (χ3n) is 3.69. The number of hydrogen-bond donors (Lipinski definition) is 0. The fourth-order valence-electron chi connectivity index (χ4n) is 2.55. The Kier molecular flexibility index (Phi) is 3.48. The molecule has 0 bridgehead atoms. The minimum Gasteiger partial charge on any atom is -0.241 e. The van der Waals surface area contributed by atoms with E-state index in [1.807, 2.05) is 94.6 Å². The van der Waals surface area contributed by atoms with E-state index in [2.05, 4.69) is 10.2 Å². The summed E-state index contributed by atoms with van der Waals surface area (Å²) in [5, 5.41) is 9.25. The molecule has 23 heavy (non-hydrogen) atoms. The Labute approximate surface area is 134 Å². The van der Waals surface area contributed by atoms with Gasteiger partial charge >= 0.3 is 0 Å². The molecule has 4 rings (SSSR count). The van der Waals surface area contributed by atoms with Gasteiger partial charge in [0, 0.05) is 18.8 Å². The standard InChI is InChI=1S/C19H16N4/c1-3-7-18(8-4-1)22-13-11-16(20-22)15-17-12-14-23(21-17)19-9-5-2-6-10-19/h1-14H,15H2. The van der Waals surface area contributed by atoms with E-state index < -0.39 is 0 Å². The van der Waals surface area contributed by atoms with E-state index in [9.17, 15) is 0 Å². The van der Waals surface area contributed by atoms with Crippen molar-refractivity contribution in [1.82, 2.24) is 19.6 Å². The van der Waals surface area contributed by atoms with Crippen molar-refractivity contribution in [2.75, 3.05) is 0 Å². The van der Waals surface area contributed by atoms with E-state index in [0.29, 0.717) is 0 Å². The maximum absolute atomic E-state index is 4.63. The normalized spacial score (nSPS) is 10.8. The molecule has 0 aliphatic heterocycles. The Bertz CT molecular complexity index is 816. The molecule has 4 heteroatoms. The second-order valence-electron chi connectivity index (χ2n) is 5.35. The van der Waals surface area contributed by atoms with E-state index in [0.717, 1.165) is 29.2 Å². The van der Waals surface area contributed by atoms with Crippen LogP contribution in [0.25, 0.3) is 11.4 Å². The molecule has 0 saturated heterocycles. The van der Waals surface area contributed by atoms with Gasteiger partial charge in [0.1, 0.15) is 0 Å². The zero-order valence-electron chi connectivity index (χ0n) is 12.6. The predicted molar refractivity (Wildman–Crippen MR) is 89.9 cm³/mol. The Balaban J connectivity index is 1.53. The summed E-state index contributed by atoms with van der Waals surface area (Å²) in [5.74, 6) is 0. The summed E-state index contributed by atoms with van der Waals surface area (Å²) in [4.78, 5) is 0. The fraction of sp³-hybridized carbons (Fsp3) is 0.0526. The molecule has 0 saturated carbocycles. The van der Waals surface area contributed by atoms with Crippen molar-refractivity contribution in [2.45, 2.75) is 6.42 Å². The van der Waals surface area contributed by atoms with Crippen LogP contribution in [0.15, 0.2) is 85.2 Å². The lowest BCUT2D eigenvalue weighted by Gasteiger charge is -2.00. The van der Waals surface area contributed by atoms with Crippen molar-refractivity contribution in [3.63, 3.8) is 0 Å². The molecule has 0 spiro atoms. The van der Waals surface area contributed by atoms with Crippen molar-refractivity contribution in [2.24, 2.45) is 0 Å². The molecule has 0 aliphatic carbocycles. The first-order valence-electron chi connectivity index (χ1n) is 7.58.